The zero-order valence-electron chi connectivity index (χ0n) is 16.4. The normalized spacial score (nSPS) is 10.4. The number of aryl methyl sites for hydroxylation is 1. The molecular formula is C21H21N5O4. The van der Waals surface area contributed by atoms with Gasteiger partial charge >= 0.3 is 5.69 Å². The van der Waals surface area contributed by atoms with Crippen molar-refractivity contribution in [2.24, 2.45) is 0 Å². The van der Waals surface area contributed by atoms with Gasteiger partial charge < -0.3 is 4.74 Å². The average Bonchev–Trinajstić information content (AvgIpc) is 3.02. The molecule has 3 aromatic rings. The van der Waals surface area contributed by atoms with Crippen LogP contribution in [0, 0.1) is 11.3 Å². The zero-order valence-corrected chi connectivity index (χ0v) is 16.4. The first-order chi connectivity index (χ1) is 14.5. The number of imidazole rings is 1. The molecular weight excluding hydrogens is 386 g/mol. The number of nitrogens with zero attached hydrogens (tertiary/aromatic N) is 3. The number of hydrogen-bond donors (Lipinski definition) is 2. The van der Waals surface area contributed by atoms with E-state index in [-0.39, 0.29) is 24.6 Å². The van der Waals surface area contributed by atoms with E-state index in [1.54, 1.807) is 41.0 Å². The molecule has 9 heteroatoms. The Kier molecular flexibility index (Phi) is 6.49. The van der Waals surface area contributed by atoms with Crippen LogP contribution in [0.5, 0.6) is 5.75 Å². The van der Waals surface area contributed by atoms with Crippen molar-refractivity contribution in [2.45, 2.75) is 26.4 Å². The van der Waals surface area contributed by atoms with E-state index in [4.69, 9.17) is 10.00 Å². The quantitative estimate of drug-likeness (QED) is 0.573. The monoisotopic (exact) mass is 407 g/mol. The molecule has 0 aliphatic carbocycles. The van der Waals surface area contributed by atoms with Crippen molar-refractivity contribution >= 4 is 22.8 Å². The van der Waals surface area contributed by atoms with Crippen molar-refractivity contribution in [3.05, 3.63) is 64.6 Å². The van der Waals surface area contributed by atoms with Gasteiger partial charge in [0.1, 0.15) is 18.4 Å². The number of carbonyl (C=O) groups excluding carboxylic acids is 2. The Bertz CT molecular complexity index is 1170. The van der Waals surface area contributed by atoms with Crippen LogP contribution in [0.1, 0.15) is 18.9 Å². The van der Waals surface area contributed by atoms with Gasteiger partial charge in [-0.2, -0.15) is 5.26 Å². The molecule has 9 nitrogen and oxygen atoms in total. The van der Waals surface area contributed by atoms with E-state index in [2.05, 4.69) is 10.9 Å². The molecule has 2 amide bonds. The highest BCUT2D eigenvalue weighted by Gasteiger charge is 2.15. The van der Waals surface area contributed by atoms with Crippen molar-refractivity contribution < 1.29 is 14.3 Å². The van der Waals surface area contributed by atoms with Crippen molar-refractivity contribution in [1.29, 1.82) is 5.26 Å². The lowest BCUT2D eigenvalue weighted by atomic mass is 10.2. The summed E-state index contributed by atoms with van der Waals surface area (Å²) in [6.07, 6.45) is 0.783. The fraction of sp³-hybridized carbons (Fsp3) is 0.238. The Morgan fingerprint density at radius 2 is 1.63 bits per heavy atom. The molecule has 30 heavy (non-hydrogen) atoms. The first-order valence-electron chi connectivity index (χ1n) is 9.42. The third-order valence-corrected chi connectivity index (χ3v) is 4.38. The third-order valence-electron chi connectivity index (χ3n) is 4.38. The molecule has 0 unspecified atom stereocenters. The number of benzene rings is 2. The molecule has 2 N–H and O–H groups in total. The summed E-state index contributed by atoms with van der Waals surface area (Å²) >= 11 is 0. The van der Waals surface area contributed by atoms with Crippen LogP contribution in [0.4, 0.5) is 0 Å². The van der Waals surface area contributed by atoms with Crippen molar-refractivity contribution in [1.82, 2.24) is 20.0 Å². The predicted molar refractivity (Wildman–Crippen MR) is 109 cm³/mol. The first-order valence-corrected chi connectivity index (χ1v) is 9.42. The van der Waals surface area contributed by atoms with Gasteiger partial charge in [0.15, 0.2) is 6.61 Å². The number of para-hydroxylation sites is 3. The maximum atomic E-state index is 12.7. The Labute approximate surface area is 172 Å². The maximum absolute atomic E-state index is 12.7. The highest BCUT2D eigenvalue weighted by atomic mass is 16.5. The summed E-state index contributed by atoms with van der Waals surface area (Å²) in [5, 5.41) is 9.02. The largest absolute Gasteiger partial charge is 0.482 e. The van der Waals surface area contributed by atoms with Crippen LogP contribution in [0.15, 0.2) is 53.3 Å². The summed E-state index contributed by atoms with van der Waals surface area (Å²) < 4.78 is 8.30. The van der Waals surface area contributed by atoms with Gasteiger partial charge in [-0.3, -0.25) is 29.6 Å². The predicted octanol–water partition coefficient (Wildman–Crippen LogP) is 1.31. The van der Waals surface area contributed by atoms with Crippen LogP contribution in [0.25, 0.3) is 11.0 Å². The van der Waals surface area contributed by atoms with E-state index in [0.29, 0.717) is 17.6 Å². The van der Waals surface area contributed by atoms with Crippen LogP contribution in [0.2, 0.25) is 0 Å². The number of ether oxygens (including phenoxy) is 1. The number of fused-ring (bicyclic) bond motifs is 1. The zero-order chi connectivity index (χ0) is 21.5. The van der Waals surface area contributed by atoms with E-state index in [1.165, 1.54) is 4.57 Å². The molecule has 2 aromatic carbocycles. The second kappa shape index (κ2) is 9.43. The minimum Gasteiger partial charge on any atom is -0.482 e. The Morgan fingerprint density at radius 3 is 2.33 bits per heavy atom. The number of hydrazine groups is 1. The number of amides is 2. The third kappa shape index (κ3) is 4.50. The Hall–Kier alpha value is -4.06. The standard InChI is InChI=1S/C21H21N5O4/c1-2-11-25-16-8-4-5-9-17(16)26(21(25)29)13-19(27)23-24-20(28)14-30-18-10-6-3-7-15(18)12-22/h3-10H,2,11,13-14H2,1H3,(H,23,27)(H,24,28). The number of hydrogen-bond acceptors (Lipinski definition) is 5. The summed E-state index contributed by atoms with van der Waals surface area (Å²) in [7, 11) is 0. The van der Waals surface area contributed by atoms with Gasteiger partial charge in [0.2, 0.25) is 0 Å². The molecule has 154 valence electrons. The topological polar surface area (TPSA) is 118 Å². The highest BCUT2D eigenvalue weighted by Crippen LogP contribution is 2.16. The fourth-order valence-electron chi connectivity index (χ4n) is 3.05. The van der Waals surface area contributed by atoms with Gasteiger partial charge in [0, 0.05) is 6.54 Å². The number of aromatic nitrogens is 2. The van der Waals surface area contributed by atoms with Gasteiger partial charge in [-0.05, 0) is 30.7 Å². The lowest BCUT2D eigenvalue weighted by molar-refractivity contribution is -0.130. The summed E-state index contributed by atoms with van der Waals surface area (Å²) in [6, 6.07) is 15.7. The molecule has 3 rings (SSSR count). The van der Waals surface area contributed by atoms with Crippen molar-refractivity contribution in [3.63, 3.8) is 0 Å². The van der Waals surface area contributed by atoms with E-state index >= 15 is 0 Å². The Balaban J connectivity index is 1.60. The number of rotatable bonds is 7. The van der Waals surface area contributed by atoms with Crippen LogP contribution in [-0.2, 0) is 22.7 Å². The van der Waals surface area contributed by atoms with Crippen LogP contribution >= 0.6 is 0 Å². The first kappa shape index (κ1) is 20.7. The lowest BCUT2D eigenvalue weighted by Gasteiger charge is -2.10. The van der Waals surface area contributed by atoms with Crippen molar-refractivity contribution in [2.75, 3.05) is 6.61 Å². The fourth-order valence-corrected chi connectivity index (χ4v) is 3.05. The molecule has 1 aromatic heterocycles. The number of nitriles is 1. The molecule has 0 saturated heterocycles. The second-order valence-electron chi connectivity index (χ2n) is 6.50. The van der Waals surface area contributed by atoms with Gasteiger partial charge in [-0.1, -0.05) is 31.2 Å². The van der Waals surface area contributed by atoms with Crippen molar-refractivity contribution in [3.8, 4) is 11.8 Å². The van der Waals surface area contributed by atoms with Gasteiger partial charge in [-0.25, -0.2) is 4.79 Å². The molecule has 0 fully saturated rings. The molecule has 0 radical (unpaired) electrons. The van der Waals surface area contributed by atoms with Crippen LogP contribution in [-0.4, -0.2) is 27.6 Å². The Morgan fingerprint density at radius 1 is 1.00 bits per heavy atom. The average molecular weight is 407 g/mol. The number of carbonyl (C=O) groups is 2. The van der Waals surface area contributed by atoms with Gasteiger partial charge in [0.25, 0.3) is 11.8 Å². The summed E-state index contributed by atoms with van der Waals surface area (Å²) in [6.45, 7) is 1.90. The maximum Gasteiger partial charge on any atom is 0.329 e. The van der Waals surface area contributed by atoms with Crippen LogP contribution < -0.4 is 21.3 Å². The smallest absolute Gasteiger partial charge is 0.329 e. The summed E-state index contributed by atoms with van der Waals surface area (Å²) in [5.74, 6) is -0.879. The van der Waals surface area contributed by atoms with Gasteiger partial charge in [0.05, 0.1) is 16.6 Å². The molecule has 0 atom stereocenters. The van der Waals surface area contributed by atoms with Crippen LogP contribution in [0.3, 0.4) is 0 Å². The molecule has 0 spiro atoms. The minimum absolute atomic E-state index is 0.242. The summed E-state index contributed by atoms with van der Waals surface area (Å²) in [5.41, 5.74) is 5.94. The molecule has 0 saturated carbocycles. The SMILES string of the molecule is CCCn1c(=O)n(CC(=O)NNC(=O)COc2ccccc2C#N)c2ccccc21. The van der Waals surface area contributed by atoms with E-state index in [0.717, 1.165) is 11.9 Å². The van der Waals surface area contributed by atoms with E-state index in [9.17, 15) is 14.4 Å². The van der Waals surface area contributed by atoms with E-state index < -0.39 is 11.8 Å². The second-order valence-corrected chi connectivity index (χ2v) is 6.50. The lowest BCUT2D eigenvalue weighted by Crippen LogP contribution is -2.46. The minimum atomic E-state index is -0.600. The molecule has 0 aliphatic rings. The summed E-state index contributed by atoms with van der Waals surface area (Å²) in [4.78, 5) is 36.9. The molecule has 0 aliphatic heterocycles. The van der Waals surface area contributed by atoms with Gasteiger partial charge in [-0.15, -0.1) is 0 Å². The van der Waals surface area contributed by atoms with E-state index in [1.807, 2.05) is 25.1 Å². The highest BCUT2D eigenvalue weighted by molar-refractivity contribution is 5.84. The molecule has 1 heterocycles. The molecule has 0 bridgehead atoms. The number of nitrogens with one attached hydrogen (secondary N) is 2.